The van der Waals surface area contributed by atoms with Crippen molar-refractivity contribution in [2.75, 3.05) is 20.3 Å². The van der Waals surface area contributed by atoms with Crippen LogP contribution in [0.15, 0.2) is 0 Å². The number of carbonyl (C=O) groups excluding carboxylic acids is 1. The van der Waals surface area contributed by atoms with Gasteiger partial charge in [0.2, 0.25) is 0 Å². The van der Waals surface area contributed by atoms with Gasteiger partial charge in [0, 0.05) is 6.54 Å². The molecule has 0 radical (unpaired) electrons. The lowest BCUT2D eigenvalue weighted by molar-refractivity contribution is -0.155. The number of ether oxygens (including phenoxy) is 2. The maximum Gasteiger partial charge on any atom is 0.312 e. The van der Waals surface area contributed by atoms with E-state index in [0.717, 1.165) is 6.54 Å². The summed E-state index contributed by atoms with van der Waals surface area (Å²) in [6.45, 7) is 5.10. The van der Waals surface area contributed by atoms with Crippen LogP contribution in [0.5, 0.6) is 0 Å². The number of nitrogens with one attached hydrogen (secondary N) is 1. The summed E-state index contributed by atoms with van der Waals surface area (Å²) in [4.78, 5) is 11.2. The summed E-state index contributed by atoms with van der Waals surface area (Å²) in [5.74, 6) is -0.517. The molecular formula is C8H15NO3. The average molecular weight is 173 g/mol. The minimum absolute atomic E-state index is 0.244. The van der Waals surface area contributed by atoms with Gasteiger partial charge in [0.15, 0.2) is 0 Å². The van der Waals surface area contributed by atoms with E-state index in [1.807, 2.05) is 6.92 Å². The highest BCUT2D eigenvalue weighted by Crippen LogP contribution is 2.22. The lowest BCUT2D eigenvalue weighted by atomic mass is 10.0. The predicted molar refractivity (Wildman–Crippen MR) is 43.5 cm³/mol. The van der Waals surface area contributed by atoms with Crippen molar-refractivity contribution < 1.29 is 14.3 Å². The van der Waals surface area contributed by atoms with E-state index in [1.165, 1.54) is 7.11 Å². The molecule has 0 aromatic rings. The fourth-order valence-electron chi connectivity index (χ4n) is 1.29. The largest absolute Gasteiger partial charge is 0.469 e. The van der Waals surface area contributed by atoms with Crippen molar-refractivity contribution in [3.05, 3.63) is 0 Å². The van der Waals surface area contributed by atoms with Crippen LogP contribution in [-0.2, 0) is 14.3 Å². The normalized spacial score (nSPS) is 31.6. The molecule has 0 aromatic heterocycles. The monoisotopic (exact) mass is 173 g/mol. The van der Waals surface area contributed by atoms with Crippen molar-refractivity contribution in [2.45, 2.75) is 19.6 Å². The van der Waals surface area contributed by atoms with Gasteiger partial charge in [-0.3, -0.25) is 10.1 Å². The summed E-state index contributed by atoms with van der Waals surface area (Å²) in [5, 5.41) is 3.12. The Kier molecular flexibility index (Phi) is 2.69. The van der Waals surface area contributed by atoms with Crippen molar-refractivity contribution in [1.82, 2.24) is 5.32 Å². The van der Waals surface area contributed by atoms with Gasteiger partial charge in [-0.15, -0.1) is 0 Å². The molecule has 1 aliphatic rings. The average Bonchev–Trinajstić information content (AvgIpc) is 2.50. The van der Waals surface area contributed by atoms with Gasteiger partial charge in [-0.05, 0) is 13.8 Å². The third kappa shape index (κ3) is 1.59. The van der Waals surface area contributed by atoms with Crippen molar-refractivity contribution in [1.29, 1.82) is 0 Å². The van der Waals surface area contributed by atoms with E-state index in [2.05, 4.69) is 10.1 Å². The quantitative estimate of drug-likeness (QED) is 0.603. The van der Waals surface area contributed by atoms with Gasteiger partial charge < -0.3 is 9.47 Å². The zero-order chi connectivity index (χ0) is 9.19. The summed E-state index contributed by atoms with van der Waals surface area (Å²) in [6.07, 6.45) is 0. The second-order valence-electron chi connectivity index (χ2n) is 3.13. The van der Waals surface area contributed by atoms with Crippen molar-refractivity contribution in [2.24, 2.45) is 5.92 Å². The summed E-state index contributed by atoms with van der Waals surface area (Å²) >= 11 is 0. The Hall–Kier alpha value is -0.610. The Bertz CT molecular complexity index is 175. The molecule has 12 heavy (non-hydrogen) atoms. The van der Waals surface area contributed by atoms with Crippen LogP contribution < -0.4 is 5.32 Å². The molecule has 1 saturated heterocycles. The summed E-state index contributed by atoms with van der Waals surface area (Å²) in [5.41, 5.74) is -0.549. The Morgan fingerprint density at radius 2 is 2.42 bits per heavy atom. The van der Waals surface area contributed by atoms with Gasteiger partial charge >= 0.3 is 5.97 Å². The summed E-state index contributed by atoms with van der Waals surface area (Å²) in [6, 6.07) is 0. The van der Waals surface area contributed by atoms with Crippen LogP contribution in [0.2, 0.25) is 0 Å². The second-order valence-corrected chi connectivity index (χ2v) is 3.13. The molecule has 1 rings (SSSR count). The van der Waals surface area contributed by atoms with E-state index >= 15 is 0 Å². The van der Waals surface area contributed by atoms with Gasteiger partial charge in [0.25, 0.3) is 0 Å². The highest BCUT2D eigenvalue weighted by atomic mass is 16.5. The van der Waals surface area contributed by atoms with Crippen LogP contribution >= 0.6 is 0 Å². The molecule has 1 heterocycles. The Morgan fingerprint density at radius 1 is 1.75 bits per heavy atom. The number of carbonyl (C=O) groups is 1. The fraction of sp³-hybridized carbons (Fsp3) is 0.875. The molecule has 0 aromatic carbocycles. The smallest absolute Gasteiger partial charge is 0.312 e. The number of hydrogen-bond donors (Lipinski definition) is 1. The highest BCUT2D eigenvalue weighted by Gasteiger charge is 2.40. The van der Waals surface area contributed by atoms with E-state index in [-0.39, 0.29) is 11.9 Å². The first-order valence-electron chi connectivity index (χ1n) is 4.07. The number of methoxy groups -OCH3 is 1. The molecular weight excluding hydrogens is 158 g/mol. The van der Waals surface area contributed by atoms with E-state index in [0.29, 0.717) is 6.61 Å². The van der Waals surface area contributed by atoms with Crippen LogP contribution in [-0.4, -0.2) is 32.0 Å². The molecule has 0 saturated carbocycles. The molecule has 1 N–H and O–H groups in total. The van der Waals surface area contributed by atoms with Crippen LogP contribution in [0.1, 0.15) is 13.8 Å². The van der Waals surface area contributed by atoms with Crippen molar-refractivity contribution in [3.8, 4) is 0 Å². The zero-order valence-electron chi connectivity index (χ0n) is 7.72. The zero-order valence-corrected chi connectivity index (χ0v) is 7.72. The summed E-state index contributed by atoms with van der Waals surface area (Å²) in [7, 11) is 1.39. The maximum absolute atomic E-state index is 11.2. The molecule has 0 bridgehead atoms. The van der Waals surface area contributed by atoms with E-state index in [4.69, 9.17) is 4.74 Å². The van der Waals surface area contributed by atoms with Gasteiger partial charge in [0.1, 0.15) is 5.72 Å². The van der Waals surface area contributed by atoms with E-state index < -0.39 is 5.72 Å². The van der Waals surface area contributed by atoms with Gasteiger partial charge in [0.05, 0.1) is 19.6 Å². The summed E-state index contributed by atoms with van der Waals surface area (Å²) < 4.78 is 10.0. The second kappa shape index (κ2) is 3.41. The lowest BCUT2D eigenvalue weighted by Crippen LogP contribution is -2.47. The first-order chi connectivity index (χ1) is 5.60. The first-order valence-corrected chi connectivity index (χ1v) is 4.07. The number of hydrogen-bond acceptors (Lipinski definition) is 4. The minimum Gasteiger partial charge on any atom is -0.469 e. The van der Waals surface area contributed by atoms with Crippen LogP contribution in [0.3, 0.4) is 0 Å². The van der Waals surface area contributed by atoms with Gasteiger partial charge in [-0.2, -0.15) is 0 Å². The molecule has 0 amide bonds. The van der Waals surface area contributed by atoms with E-state index in [1.54, 1.807) is 6.92 Å². The number of rotatable bonds is 2. The third-order valence-electron chi connectivity index (χ3n) is 2.36. The Labute approximate surface area is 72.2 Å². The van der Waals surface area contributed by atoms with Gasteiger partial charge in [-0.25, -0.2) is 0 Å². The Morgan fingerprint density at radius 3 is 2.83 bits per heavy atom. The number of esters is 1. The van der Waals surface area contributed by atoms with Crippen LogP contribution in [0, 0.1) is 5.92 Å². The minimum atomic E-state index is -0.549. The molecule has 4 nitrogen and oxygen atoms in total. The molecule has 1 aliphatic heterocycles. The molecule has 4 heteroatoms. The molecule has 70 valence electrons. The fourth-order valence-corrected chi connectivity index (χ4v) is 1.29. The van der Waals surface area contributed by atoms with Crippen LogP contribution in [0.25, 0.3) is 0 Å². The molecule has 2 unspecified atom stereocenters. The molecule has 0 spiro atoms. The highest BCUT2D eigenvalue weighted by molar-refractivity contribution is 5.73. The van der Waals surface area contributed by atoms with Gasteiger partial charge in [-0.1, -0.05) is 0 Å². The third-order valence-corrected chi connectivity index (χ3v) is 2.36. The molecule has 2 atom stereocenters. The van der Waals surface area contributed by atoms with Crippen LogP contribution in [0.4, 0.5) is 0 Å². The SMILES string of the molecule is COC(=O)C(C)C1(C)NCCO1. The predicted octanol–water partition coefficient (Wildman–Crippen LogP) is 0.132. The van der Waals surface area contributed by atoms with Crippen molar-refractivity contribution >= 4 is 5.97 Å². The first kappa shape index (κ1) is 9.48. The Balaban J connectivity index is 2.61. The maximum atomic E-state index is 11.2. The molecule has 0 aliphatic carbocycles. The standard InChI is InChI=1S/C8H15NO3/c1-6(7(10)11-3)8(2)9-4-5-12-8/h6,9H,4-5H2,1-3H3. The lowest BCUT2D eigenvalue weighted by Gasteiger charge is -2.28. The molecule has 1 fully saturated rings. The van der Waals surface area contributed by atoms with E-state index in [9.17, 15) is 4.79 Å². The topological polar surface area (TPSA) is 47.6 Å². The van der Waals surface area contributed by atoms with Crippen molar-refractivity contribution in [3.63, 3.8) is 0 Å².